The lowest BCUT2D eigenvalue weighted by atomic mass is 10.8. The Hall–Kier alpha value is 0.314. The Morgan fingerprint density at radius 1 is 0.769 bits per heavy atom. The Morgan fingerprint density at radius 2 is 1.23 bits per heavy atom. The van der Waals surface area contributed by atoms with Gasteiger partial charge in [-0.25, -0.2) is 0 Å². The summed E-state index contributed by atoms with van der Waals surface area (Å²) in [5, 5.41) is 0. The Morgan fingerprint density at radius 3 is 1.62 bits per heavy atom. The smallest absolute Gasteiger partial charge is 0.149 e. The first-order valence-electron chi connectivity index (χ1n) is 5.15. The van der Waals surface area contributed by atoms with Gasteiger partial charge in [0.05, 0.1) is 0 Å². The number of rotatable bonds is 10. The van der Waals surface area contributed by atoms with Gasteiger partial charge in [-0.1, -0.05) is 13.1 Å². The summed E-state index contributed by atoms with van der Waals surface area (Å²) in [4.78, 5) is 0. The molecule has 80 valence electrons. The first-order valence-corrected chi connectivity index (χ1v) is 9.97. The van der Waals surface area contributed by atoms with Crippen molar-refractivity contribution in [3.05, 3.63) is 0 Å². The molecule has 0 N–H and O–H groups in total. The lowest BCUT2D eigenvalue weighted by molar-refractivity contribution is -0.126. The molecule has 0 spiro atoms. The predicted molar refractivity (Wildman–Crippen MR) is 61.2 cm³/mol. The third kappa shape index (κ3) is 12.3. The minimum absolute atomic E-state index is 0.156. The Labute approximate surface area is 85.8 Å². The van der Waals surface area contributed by atoms with E-state index in [4.69, 9.17) is 14.2 Å². The van der Waals surface area contributed by atoms with Gasteiger partial charge < -0.3 is 14.2 Å². The molecule has 0 atom stereocenters. The molecular weight excluding hydrogens is 200 g/mol. The van der Waals surface area contributed by atoms with Gasteiger partial charge in [0, 0.05) is 32.3 Å². The van der Waals surface area contributed by atoms with Crippen LogP contribution < -0.4 is 0 Å². The molecule has 0 aromatic rings. The van der Waals surface area contributed by atoms with Crippen molar-refractivity contribution in [2.24, 2.45) is 0 Å². The largest absolute Gasteiger partial charge is 0.356 e. The fourth-order valence-corrected chi connectivity index (χ4v) is 1.75. The maximum absolute atomic E-state index is 5.22. The van der Waals surface area contributed by atoms with E-state index >= 15 is 0 Å². The fourth-order valence-electron chi connectivity index (χ4n) is 0.763. The quantitative estimate of drug-likeness (QED) is 0.301. The summed E-state index contributed by atoms with van der Waals surface area (Å²) in [6.45, 7) is 7.04. The van der Waals surface area contributed by atoms with Crippen molar-refractivity contribution >= 4 is 19.0 Å². The standard InChI is InChI=1S/C8H22O3Si2/c1-12-5-3-9-7-11-8-10-4-6-13-2/h3-8,12-13H2,1-2H3. The van der Waals surface area contributed by atoms with Gasteiger partial charge in [-0.2, -0.15) is 0 Å². The predicted octanol–water partition coefficient (Wildman–Crippen LogP) is 0.222. The van der Waals surface area contributed by atoms with Crippen LogP contribution in [-0.2, 0) is 14.2 Å². The van der Waals surface area contributed by atoms with Gasteiger partial charge in [-0.05, 0) is 12.1 Å². The highest BCUT2D eigenvalue weighted by molar-refractivity contribution is 6.33. The van der Waals surface area contributed by atoms with Crippen molar-refractivity contribution in [3.8, 4) is 0 Å². The Kier molecular flexibility index (Phi) is 12.6. The molecule has 0 saturated heterocycles. The van der Waals surface area contributed by atoms with Crippen LogP contribution in [0.25, 0.3) is 0 Å². The zero-order chi connectivity index (χ0) is 9.78. The maximum atomic E-state index is 5.22. The third-order valence-electron chi connectivity index (χ3n) is 1.62. The topological polar surface area (TPSA) is 27.7 Å². The zero-order valence-electron chi connectivity index (χ0n) is 8.88. The lowest BCUT2D eigenvalue weighted by Crippen LogP contribution is -2.07. The molecule has 0 aliphatic carbocycles. The molecule has 5 heteroatoms. The summed E-state index contributed by atoms with van der Waals surface area (Å²) in [6.07, 6.45) is 0. The summed E-state index contributed by atoms with van der Waals surface area (Å²) in [5.74, 6) is 0. The molecule has 13 heavy (non-hydrogen) atoms. The fraction of sp³-hybridized carbons (Fsp3) is 1.00. The van der Waals surface area contributed by atoms with E-state index in [0.29, 0.717) is 13.6 Å². The molecule has 0 aliphatic heterocycles. The Bertz CT molecular complexity index is 83.5. The van der Waals surface area contributed by atoms with E-state index in [0.717, 1.165) is 13.2 Å². The second-order valence-electron chi connectivity index (χ2n) is 2.96. The summed E-state index contributed by atoms with van der Waals surface area (Å²) >= 11 is 0. The lowest BCUT2D eigenvalue weighted by Gasteiger charge is -2.05. The first-order chi connectivity index (χ1) is 6.41. The van der Waals surface area contributed by atoms with Crippen LogP contribution in [0.1, 0.15) is 0 Å². The van der Waals surface area contributed by atoms with Crippen molar-refractivity contribution in [2.45, 2.75) is 25.2 Å². The molecular formula is C8H22O3Si2. The van der Waals surface area contributed by atoms with Gasteiger partial charge in [-0.3, -0.25) is 0 Å². The van der Waals surface area contributed by atoms with E-state index in [1.165, 1.54) is 12.1 Å². The highest BCUT2D eigenvalue weighted by Crippen LogP contribution is 1.86. The third-order valence-corrected chi connectivity index (χ3v) is 3.61. The van der Waals surface area contributed by atoms with E-state index in [1.807, 2.05) is 0 Å². The second-order valence-corrected chi connectivity index (χ2v) is 6.38. The summed E-state index contributed by atoms with van der Waals surface area (Å²) in [5.41, 5.74) is 0. The van der Waals surface area contributed by atoms with Crippen molar-refractivity contribution in [3.63, 3.8) is 0 Å². The number of ether oxygens (including phenoxy) is 3. The van der Waals surface area contributed by atoms with Crippen molar-refractivity contribution in [1.82, 2.24) is 0 Å². The van der Waals surface area contributed by atoms with E-state index < -0.39 is 0 Å². The highest BCUT2D eigenvalue weighted by Gasteiger charge is 1.89. The summed E-state index contributed by atoms with van der Waals surface area (Å²) in [7, 11) is 0.312. The highest BCUT2D eigenvalue weighted by atomic mass is 28.2. The van der Waals surface area contributed by atoms with Crippen LogP contribution in [0, 0.1) is 0 Å². The van der Waals surface area contributed by atoms with Gasteiger partial charge in [0.15, 0.2) is 0 Å². The monoisotopic (exact) mass is 222 g/mol. The number of hydrogen-bond donors (Lipinski definition) is 0. The molecule has 0 heterocycles. The van der Waals surface area contributed by atoms with Crippen LogP contribution >= 0.6 is 0 Å². The molecule has 0 aromatic carbocycles. The van der Waals surface area contributed by atoms with Crippen LogP contribution in [0.2, 0.25) is 25.2 Å². The molecule has 0 unspecified atom stereocenters. The summed E-state index contributed by atoms with van der Waals surface area (Å²) in [6, 6.07) is 2.48. The van der Waals surface area contributed by atoms with E-state index in [9.17, 15) is 0 Å². The van der Waals surface area contributed by atoms with Gasteiger partial charge >= 0.3 is 0 Å². The molecule has 0 radical (unpaired) electrons. The molecule has 0 aliphatic rings. The zero-order valence-corrected chi connectivity index (χ0v) is 11.7. The van der Waals surface area contributed by atoms with Crippen LogP contribution in [0.5, 0.6) is 0 Å². The van der Waals surface area contributed by atoms with E-state index in [-0.39, 0.29) is 19.0 Å². The SMILES string of the molecule is C[SiH2]CCOCOCOCC[SiH2]C. The minimum Gasteiger partial charge on any atom is -0.356 e. The molecule has 0 aromatic heterocycles. The first kappa shape index (κ1) is 13.3. The summed E-state index contributed by atoms with van der Waals surface area (Å²) < 4.78 is 15.6. The molecule has 0 fully saturated rings. The van der Waals surface area contributed by atoms with Crippen LogP contribution in [0.3, 0.4) is 0 Å². The van der Waals surface area contributed by atoms with Gasteiger partial charge in [-0.15, -0.1) is 0 Å². The molecule has 0 saturated carbocycles. The average molecular weight is 222 g/mol. The molecule has 0 rings (SSSR count). The normalized spacial score (nSPS) is 12.5. The van der Waals surface area contributed by atoms with Crippen LogP contribution in [-0.4, -0.2) is 45.8 Å². The van der Waals surface area contributed by atoms with Crippen molar-refractivity contribution in [1.29, 1.82) is 0 Å². The molecule has 0 amide bonds. The number of hydrogen-bond acceptors (Lipinski definition) is 3. The van der Waals surface area contributed by atoms with Crippen LogP contribution in [0.15, 0.2) is 0 Å². The van der Waals surface area contributed by atoms with E-state index in [1.54, 1.807) is 0 Å². The molecule has 0 bridgehead atoms. The Balaban J connectivity index is 2.76. The van der Waals surface area contributed by atoms with Gasteiger partial charge in [0.2, 0.25) is 0 Å². The second kappa shape index (κ2) is 12.3. The van der Waals surface area contributed by atoms with E-state index in [2.05, 4.69) is 13.1 Å². The maximum Gasteiger partial charge on any atom is 0.149 e. The van der Waals surface area contributed by atoms with Crippen molar-refractivity contribution < 1.29 is 14.2 Å². The minimum atomic E-state index is 0.156. The molecule has 3 nitrogen and oxygen atoms in total. The van der Waals surface area contributed by atoms with Gasteiger partial charge in [0.25, 0.3) is 0 Å². The van der Waals surface area contributed by atoms with Crippen LogP contribution in [0.4, 0.5) is 0 Å². The van der Waals surface area contributed by atoms with Crippen molar-refractivity contribution in [2.75, 3.05) is 26.8 Å². The van der Waals surface area contributed by atoms with Gasteiger partial charge in [0.1, 0.15) is 13.6 Å². The average Bonchev–Trinajstić information content (AvgIpc) is 2.16.